The first-order chi connectivity index (χ1) is 45.7. The number of aliphatic hydroxyl groups is 1. The van der Waals surface area contributed by atoms with Crippen LogP contribution in [0.2, 0.25) is 0 Å². The smallest absolute Gasteiger partial charge is 0.462 e. The number of unbranched alkanes of at least 4 members (excludes halogenated alkanes) is 37. The van der Waals surface area contributed by atoms with Crippen LogP contribution in [-0.2, 0) is 65.4 Å². The predicted molar refractivity (Wildman–Crippen MR) is 386 cm³/mol. The summed E-state index contributed by atoms with van der Waals surface area (Å²) in [6.45, 7) is 14.2. The van der Waals surface area contributed by atoms with Crippen molar-refractivity contribution >= 4 is 39.5 Å². The molecule has 0 aliphatic carbocycles. The molecule has 3 N–H and O–H groups in total. The molecule has 19 heteroatoms. The molecule has 0 amide bonds. The predicted octanol–water partition coefficient (Wildman–Crippen LogP) is 22.0. The van der Waals surface area contributed by atoms with E-state index in [9.17, 15) is 43.2 Å². The maximum atomic E-state index is 13.1. The molecule has 7 atom stereocenters. The molecule has 17 nitrogen and oxygen atoms in total. The van der Waals surface area contributed by atoms with Crippen molar-refractivity contribution in [3.63, 3.8) is 0 Å². The molecule has 0 rings (SSSR count). The highest BCUT2D eigenvalue weighted by molar-refractivity contribution is 7.47. The van der Waals surface area contributed by atoms with Crippen LogP contribution in [0.5, 0.6) is 0 Å². The summed E-state index contributed by atoms with van der Waals surface area (Å²) >= 11 is 0. The molecule has 564 valence electrons. The largest absolute Gasteiger partial charge is 0.472 e. The molecule has 0 aliphatic heterocycles. The minimum atomic E-state index is -4.96. The van der Waals surface area contributed by atoms with Crippen LogP contribution in [0.25, 0.3) is 0 Å². The van der Waals surface area contributed by atoms with E-state index < -0.39 is 97.5 Å². The maximum Gasteiger partial charge on any atom is 0.472 e. The number of carbonyl (C=O) groups excluding carboxylic acids is 4. The molecular formula is C76H148O17P2. The van der Waals surface area contributed by atoms with E-state index in [2.05, 4.69) is 55.4 Å². The Hall–Kier alpha value is -1.94. The Morgan fingerprint density at radius 1 is 0.295 bits per heavy atom. The Morgan fingerprint density at radius 3 is 0.747 bits per heavy atom. The van der Waals surface area contributed by atoms with Gasteiger partial charge in [0.15, 0.2) is 12.2 Å². The van der Waals surface area contributed by atoms with Crippen LogP contribution in [0.3, 0.4) is 0 Å². The van der Waals surface area contributed by atoms with Gasteiger partial charge in [-0.2, -0.15) is 0 Å². The third-order valence-electron chi connectivity index (χ3n) is 18.3. The monoisotopic (exact) mass is 1400 g/mol. The van der Waals surface area contributed by atoms with Gasteiger partial charge in [0.2, 0.25) is 0 Å². The quantitative estimate of drug-likeness (QED) is 0.0222. The average Bonchev–Trinajstić information content (AvgIpc) is 1.28. The molecule has 0 aliphatic rings. The second-order valence-corrected chi connectivity index (χ2v) is 31.7. The van der Waals surface area contributed by atoms with Crippen LogP contribution in [-0.4, -0.2) is 96.7 Å². The van der Waals surface area contributed by atoms with Crippen LogP contribution in [0.1, 0.15) is 383 Å². The standard InChI is InChI=1S/C76H148O17P2/c1-9-68(7)54-46-38-30-22-15-13-11-12-14-16-25-33-42-50-58-75(80)93-72(63-87-74(79)57-49-41-35-27-29-37-45-53-67(5)6)65-91-95(84,85)89-61-70(77)60-88-94(82,83)90-64-71(92-76(81)59-51-43-34-26-19-17-21-28-36-44-52-66(3)4)62-86-73(78)56-48-40-32-24-20-18-23-31-39-47-55-69(8)10-2/h66-72,77H,9-65H2,1-8H3,(H,82,83)(H,84,85)/t68?,69?,70?,71-,72-/m1/s1. The third-order valence-corrected chi connectivity index (χ3v) is 20.2. The van der Waals surface area contributed by atoms with Crippen LogP contribution in [0.4, 0.5) is 0 Å². The number of phosphoric acid groups is 2. The van der Waals surface area contributed by atoms with Crippen molar-refractivity contribution in [3.8, 4) is 0 Å². The van der Waals surface area contributed by atoms with Gasteiger partial charge < -0.3 is 33.8 Å². The Bertz CT molecular complexity index is 1870. The van der Waals surface area contributed by atoms with Gasteiger partial charge in [-0.1, -0.05) is 331 Å². The zero-order valence-electron chi connectivity index (χ0n) is 62.3. The van der Waals surface area contributed by atoms with Crippen molar-refractivity contribution < 1.29 is 80.2 Å². The average molecular weight is 1400 g/mol. The summed E-state index contributed by atoms with van der Waals surface area (Å²) < 4.78 is 68.5. The maximum absolute atomic E-state index is 13.1. The summed E-state index contributed by atoms with van der Waals surface area (Å²) in [7, 11) is -9.91. The van der Waals surface area contributed by atoms with Gasteiger partial charge in [-0.15, -0.1) is 0 Å². The highest BCUT2D eigenvalue weighted by atomic mass is 31.2. The van der Waals surface area contributed by atoms with Gasteiger partial charge >= 0.3 is 39.5 Å². The lowest BCUT2D eigenvalue weighted by molar-refractivity contribution is -0.161. The van der Waals surface area contributed by atoms with Gasteiger partial charge in [0.1, 0.15) is 19.3 Å². The second kappa shape index (κ2) is 65.4. The first-order valence-corrected chi connectivity index (χ1v) is 42.3. The lowest BCUT2D eigenvalue weighted by atomic mass is 9.99. The fourth-order valence-corrected chi connectivity index (χ4v) is 13.1. The number of hydrogen-bond acceptors (Lipinski definition) is 15. The topological polar surface area (TPSA) is 237 Å². The minimum absolute atomic E-state index is 0.105. The summed E-state index contributed by atoms with van der Waals surface area (Å²) in [5.41, 5.74) is 0. The fourth-order valence-electron chi connectivity index (χ4n) is 11.5. The molecule has 0 bridgehead atoms. The van der Waals surface area contributed by atoms with Crippen molar-refractivity contribution in [2.24, 2.45) is 23.7 Å². The lowest BCUT2D eigenvalue weighted by Crippen LogP contribution is -2.30. The van der Waals surface area contributed by atoms with Crippen LogP contribution in [0, 0.1) is 23.7 Å². The summed E-state index contributed by atoms with van der Waals surface area (Å²) in [6, 6.07) is 0. The van der Waals surface area contributed by atoms with Gasteiger partial charge in [-0.25, -0.2) is 9.13 Å². The van der Waals surface area contributed by atoms with Gasteiger partial charge in [-0.05, 0) is 49.4 Å². The molecule has 0 spiro atoms. The summed E-state index contributed by atoms with van der Waals surface area (Å²) in [5.74, 6) is 0.991. The van der Waals surface area contributed by atoms with Crippen molar-refractivity contribution in [1.29, 1.82) is 0 Å². The molecule has 0 aromatic rings. The third kappa shape index (κ3) is 67.6. The molecule has 0 fully saturated rings. The molecule has 0 heterocycles. The molecule has 0 saturated carbocycles. The van der Waals surface area contributed by atoms with E-state index in [0.717, 1.165) is 114 Å². The SMILES string of the molecule is CCC(C)CCCCCCCCCCCCCCCCC(=O)O[C@H](COC(=O)CCCCCCCCCC(C)C)COP(=O)(O)OCC(O)COP(=O)(O)OC[C@@H](COC(=O)CCCCCCCCCCCCC(C)CC)OC(=O)CCCCCCCCCCCCC(C)C. The summed E-state index contributed by atoms with van der Waals surface area (Å²) in [6.07, 6.45) is 49.9. The first kappa shape index (κ1) is 93.1. The molecule has 0 radical (unpaired) electrons. The number of carbonyl (C=O) groups is 4. The van der Waals surface area contributed by atoms with Crippen LogP contribution < -0.4 is 0 Å². The van der Waals surface area contributed by atoms with Gasteiger partial charge in [0, 0.05) is 25.7 Å². The number of hydrogen-bond donors (Lipinski definition) is 3. The van der Waals surface area contributed by atoms with E-state index in [1.807, 2.05) is 0 Å². The summed E-state index contributed by atoms with van der Waals surface area (Å²) in [4.78, 5) is 72.8. The number of aliphatic hydroxyl groups excluding tert-OH is 1. The van der Waals surface area contributed by atoms with E-state index in [0.29, 0.717) is 31.6 Å². The lowest BCUT2D eigenvalue weighted by Gasteiger charge is -2.21. The van der Waals surface area contributed by atoms with E-state index in [4.69, 9.17) is 37.0 Å². The van der Waals surface area contributed by atoms with Gasteiger partial charge in [0.25, 0.3) is 0 Å². The van der Waals surface area contributed by atoms with E-state index in [-0.39, 0.29) is 25.7 Å². The highest BCUT2D eigenvalue weighted by Gasteiger charge is 2.30. The molecule has 0 aromatic carbocycles. The molecule has 5 unspecified atom stereocenters. The van der Waals surface area contributed by atoms with Gasteiger partial charge in [0.05, 0.1) is 26.4 Å². The Morgan fingerprint density at radius 2 is 0.505 bits per heavy atom. The number of esters is 4. The number of rotatable bonds is 73. The molecular weight excluding hydrogens is 1250 g/mol. The second-order valence-electron chi connectivity index (χ2n) is 28.8. The number of phosphoric ester groups is 2. The van der Waals surface area contributed by atoms with Crippen LogP contribution in [0.15, 0.2) is 0 Å². The minimum Gasteiger partial charge on any atom is -0.462 e. The number of ether oxygens (including phenoxy) is 4. The Balaban J connectivity index is 5.24. The normalized spacial score (nSPS) is 14.7. The van der Waals surface area contributed by atoms with E-state index in [1.54, 1.807) is 0 Å². The van der Waals surface area contributed by atoms with E-state index >= 15 is 0 Å². The fraction of sp³-hybridized carbons (Fsp3) is 0.947. The van der Waals surface area contributed by atoms with E-state index in [1.165, 1.54) is 180 Å². The van der Waals surface area contributed by atoms with Crippen molar-refractivity contribution in [3.05, 3.63) is 0 Å². The highest BCUT2D eigenvalue weighted by Crippen LogP contribution is 2.45. The zero-order chi connectivity index (χ0) is 70.3. The van der Waals surface area contributed by atoms with Crippen molar-refractivity contribution in [1.82, 2.24) is 0 Å². The molecule has 0 saturated heterocycles. The Labute approximate surface area is 581 Å². The van der Waals surface area contributed by atoms with Crippen LogP contribution >= 0.6 is 15.6 Å². The van der Waals surface area contributed by atoms with Crippen molar-refractivity contribution in [2.45, 2.75) is 401 Å². The van der Waals surface area contributed by atoms with Crippen molar-refractivity contribution in [2.75, 3.05) is 39.6 Å². The van der Waals surface area contributed by atoms with Gasteiger partial charge in [-0.3, -0.25) is 37.3 Å². The zero-order valence-corrected chi connectivity index (χ0v) is 64.1. The Kier molecular flexibility index (Phi) is 64.0. The summed E-state index contributed by atoms with van der Waals surface area (Å²) in [5, 5.41) is 10.6. The molecule has 0 aromatic heterocycles. The first-order valence-electron chi connectivity index (χ1n) is 39.3. The molecule has 95 heavy (non-hydrogen) atoms.